The molecule has 0 unspecified atom stereocenters. The number of aromatic amines is 1. The Hall–Kier alpha value is -1.62. The molecule has 3 rings (SSSR count). The Kier molecular flexibility index (Phi) is 3.17. The standard InChI is InChI=1S/C15H15BrN2O2/c1-9-12(10-3-5-11(16)6-4-10)18-13(17-9)15(14(19)20)7-2-8-15/h3-6H,2,7-8H2,1H3,(H,17,18)(H,19,20). The third-order valence-corrected chi connectivity index (χ3v) is 4.60. The quantitative estimate of drug-likeness (QED) is 0.900. The van der Waals surface area contributed by atoms with E-state index in [0.29, 0.717) is 18.7 Å². The van der Waals surface area contributed by atoms with Gasteiger partial charge in [0, 0.05) is 15.7 Å². The maximum atomic E-state index is 11.5. The third-order valence-electron chi connectivity index (χ3n) is 4.07. The SMILES string of the molecule is Cc1[nH]c(C2(C(=O)O)CCC2)nc1-c1ccc(Br)cc1. The number of rotatable bonds is 3. The molecule has 1 heterocycles. The summed E-state index contributed by atoms with van der Waals surface area (Å²) in [5.74, 6) is -0.188. The highest BCUT2D eigenvalue weighted by atomic mass is 79.9. The van der Waals surface area contributed by atoms with Crippen molar-refractivity contribution in [3.63, 3.8) is 0 Å². The molecule has 2 N–H and O–H groups in total. The molecule has 1 aliphatic rings. The molecule has 20 heavy (non-hydrogen) atoms. The predicted octanol–water partition coefficient (Wildman–Crippen LogP) is 3.65. The lowest BCUT2D eigenvalue weighted by Gasteiger charge is -2.35. The van der Waals surface area contributed by atoms with Gasteiger partial charge in [-0.2, -0.15) is 0 Å². The molecule has 1 fully saturated rings. The van der Waals surface area contributed by atoms with E-state index in [1.165, 1.54) is 0 Å². The average Bonchev–Trinajstić information content (AvgIpc) is 2.70. The number of carboxylic acid groups (broad SMARTS) is 1. The Labute approximate surface area is 125 Å². The first-order valence-electron chi connectivity index (χ1n) is 6.59. The van der Waals surface area contributed by atoms with E-state index < -0.39 is 11.4 Å². The van der Waals surface area contributed by atoms with Gasteiger partial charge in [0.25, 0.3) is 0 Å². The molecule has 0 amide bonds. The van der Waals surface area contributed by atoms with Crippen LogP contribution in [0.4, 0.5) is 0 Å². The molecule has 5 heteroatoms. The van der Waals surface area contributed by atoms with Crippen LogP contribution >= 0.6 is 15.9 Å². The van der Waals surface area contributed by atoms with Gasteiger partial charge in [-0.25, -0.2) is 4.98 Å². The zero-order valence-corrected chi connectivity index (χ0v) is 12.7. The van der Waals surface area contributed by atoms with Gasteiger partial charge in [0.15, 0.2) is 0 Å². The highest BCUT2D eigenvalue weighted by Crippen LogP contribution is 2.43. The summed E-state index contributed by atoms with van der Waals surface area (Å²) in [6, 6.07) is 7.87. The molecule has 1 saturated carbocycles. The molecule has 4 nitrogen and oxygen atoms in total. The highest BCUT2D eigenvalue weighted by Gasteiger charge is 2.48. The fraction of sp³-hybridized carbons (Fsp3) is 0.333. The first-order chi connectivity index (χ1) is 9.53. The van der Waals surface area contributed by atoms with E-state index in [4.69, 9.17) is 0 Å². The van der Waals surface area contributed by atoms with E-state index >= 15 is 0 Å². The van der Waals surface area contributed by atoms with Gasteiger partial charge in [-0.1, -0.05) is 34.5 Å². The number of aryl methyl sites for hydroxylation is 1. The number of halogens is 1. The van der Waals surface area contributed by atoms with Gasteiger partial charge in [0.1, 0.15) is 11.2 Å². The molecule has 0 atom stereocenters. The van der Waals surface area contributed by atoms with Crippen molar-refractivity contribution in [2.24, 2.45) is 0 Å². The van der Waals surface area contributed by atoms with Crippen LogP contribution in [0.25, 0.3) is 11.3 Å². The number of aliphatic carboxylic acids is 1. The number of hydrogen-bond donors (Lipinski definition) is 2. The normalized spacial score (nSPS) is 16.7. The lowest BCUT2D eigenvalue weighted by Crippen LogP contribution is -2.43. The molecule has 0 saturated heterocycles. The molecular formula is C15H15BrN2O2. The maximum absolute atomic E-state index is 11.5. The summed E-state index contributed by atoms with van der Waals surface area (Å²) in [5, 5.41) is 9.48. The Balaban J connectivity index is 2.03. The second kappa shape index (κ2) is 4.74. The summed E-state index contributed by atoms with van der Waals surface area (Å²) in [6.07, 6.45) is 2.27. The van der Waals surface area contributed by atoms with Crippen LogP contribution in [0.1, 0.15) is 30.8 Å². The summed E-state index contributed by atoms with van der Waals surface area (Å²) in [5.41, 5.74) is 1.93. The maximum Gasteiger partial charge on any atom is 0.317 e. The molecule has 1 aromatic carbocycles. The Morgan fingerprint density at radius 1 is 1.35 bits per heavy atom. The minimum absolute atomic E-state index is 0.590. The topological polar surface area (TPSA) is 66.0 Å². The molecule has 0 radical (unpaired) electrons. The van der Waals surface area contributed by atoms with Gasteiger partial charge in [0.2, 0.25) is 0 Å². The summed E-state index contributed by atoms with van der Waals surface area (Å²) in [6.45, 7) is 1.93. The number of nitrogens with one attached hydrogen (secondary N) is 1. The summed E-state index contributed by atoms with van der Waals surface area (Å²) in [4.78, 5) is 19.3. The second-order valence-corrected chi connectivity index (χ2v) is 6.22. The van der Waals surface area contributed by atoms with Crippen molar-refractivity contribution >= 4 is 21.9 Å². The Morgan fingerprint density at radius 3 is 2.50 bits per heavy atom. The van der Waals surface area contributed by atoms with Crippen molar-refractivity contribution in [3.05, 3.63) is 40.3 Å². The smallest absolute Gasteiger partial charge is 0.317 e. The van der Waals surface area contributed by atoms with Crippen LogP contribution in [0.2, 0.25) is 0 Å². The third kappa shape index (κ3) is 1.97. The lowest BCUT2D eigenvalue weighted by atomic mass is 9.68. The van der Waals surface area contributed by atoms with Crippen molar-refractivity contribution in [2.45, 2.75) is 31.6 Å². The van der Waals surface area contributed by atoms with Gasteiger partial charge in [-0.15, -0.1) is 0 Å². The van der Waals surface area contributed by atoms with Crippen molar-refractivity contribution < 1.29 is 9.90 Å². The van der Waals surface area contributed by atoms with Crippen LogP contribution in [0, 0.1) is 6.92 Å². The predicted molar refractivity (Wildman–Crippen MR) is 79.6 cm³/mol. The molecule has 0 aliphatic heterocycles. The molecular weight excluding hydrogens is 320 g/mol. The van der Waals surface area contributed by atoms with E-state index in [2.05, 4.69) is 25.9 Å². The number of carboxylic acids is 1. The fourth-order valence-electron chi connectivity index (χ4n) is 2.66. The van der Waals surface area contributed by atoms with Crippen molar-refractivity contribution in [2.75, 3.05) is 0 Å². The summed E-state index contributed by atoms with van der Waals surface area (Å²) < 4.78 is 1.01. The molecule has 0 spiro atoms. The monoisotopic (exact) mass is 334 g/mol. The lowest BCUT2D eigenvalue weighted by molar-refractivity contribution is -0.147. The van der Waals surface area contributed by atoms with E-state index in [0.717, 1.165) is 27.8 Å². The molecule has 1 aliphatic carbocycles. The van der Waals surface area contributed by atoms with Gasteiger partial charge in [-0.3, -0.25) is 4.79 Å². The van der Waals surface area contributed by atoms with Crippen LogP contribution in [0.5, 0.6) is 0 Å². The average molecular weight is 335 g/mol. The largest absolute Gasteiger partial charge is 0.480 e. The number of carbonyl (C=O) groups is 1. The number of nitrogens with zero attached hydrogens (tertiary/aromatic N) is 1. The number of aromatic nitrogens is 2. The van der Waals surface area contributed by atoms with Crippen molar-refractivity contribution in [1.82, 2.24) is 9.97 Å². The van der Waals surface area contributed by atoms with Gasteiger partial charge in [0.05, 0.1) is 5.69 Å². The van der Waals surface area contributed by atoms with Gasteiger partial charge >= 0.3 is 5.97 Å². The van der Waals surface area contributed by atoms with Crippen LogP contribution in [0.15, 0.2) is 28.7 Å². The van der Waals surface area contributed by atoms with E-state index in [1.54, 1.807) is 0 Å². The molecule has 1 aromatic heterocycles. The number of benzene rings is 1. The minimum atomic E-state index is -0.807. The zero-order valence-electron chi connectivity index (χ0n) is 11.1. The summed E-state index contributed by atoms with van der Waals surface area (Å²) >= 11 is 3.41. The number of hydrogen-bond acceptors (Lipinski definition) is 2. The van der Waals surface area contributed by atoms with Crippen molar-refractivity contribution in [3.8, 4) is 11.3 Å². The van der Waals surface area contributed by atoms with E-state index in [9.17, 15) is 9.90 Å². The number of imidazole rings is 1. The van der Waals surface area contributed by atoms with Gasteiger partial charge in [-0.05, 0) is 31.9 Å². The van der Waals surface area contributed by atoms with Gasteiger partial charge < -0.3 is 10.1 Å². The first-order valence-corrected chi connectivity index (χ1v) is 7.39. The molecule has 0 bridgehead atoms. The van der Waals surface area contributed by atoms with Crippen LogP contribution < -0.4 is 0 Å². The zero-order chi connectivity index (χ0) is 14.3. The highest BCUT2D eigenvalue weighted by molar-refractivity contribution is 9.10. The van der Waals surface area contributed by atoms with Crippen LogP contribution in [0.3, 0.4) is 0 Å². The molecule has 2 aromatic rings. The van der Waals surface area contributed by atoms with Crippen LogP contribution in [-0.2, 0) is 10.2 Å². The van der Waals surface area contributed by atoms with E-state index in [-0.39, 0.29) is 0 Å². The minimum Gasteiger partial charge on any atom is -0.480 e. The van der Waals surface area contributed by atoms with Crippen molar-refractivity contribution in [1.29, 1.82) is 0 Å². The van der Waals surface area contributed by atoms with Crippen LogP contribution in [-0.4, -0.2) is 21.0 Å². The van der Waals surface area contributed by atoms with E-state index in [1.807, 2.05) is 31.2 Å². The fourth-order valence-corrected chi connectivity index (χ4v) is 2.92. The molecule has 104 valence electrons. The Morgan fingerprint density at radius 2 is 2.00 bits per heavy atom. The first kappa shape index (κ1) is 13.4. The number of H-pyrrole nitrogens is 1. The Bertz CT molecular complexity index is 657. The summed E-state index contributed by atoms with van der Waals surface area (Å²) in [7, 11) is 0. The second-order valence-electron chi connectivity index (χ2n) is 5.31.